The highest BCUT2D eigenvalue weighted by molar-refractivity contribution is 6.32. The number of ether oxygens (including phenoxy) is 3. The molecule has 1 N–H and O–H groups in total. The van der Waals surface area contributed by atoms with Crippen molar-refractivity contribution in [3.63, 3.8) is 0 Å². The first-order valence-corrected chi connectivity index (χ1v) is 8.28. The number of benzene rings is 2. The minimum absolute atomic E-state index is 0.201. The molecule has 25 heavy (non-hydrogen) atoms. The van der Waals surface area contributed by atoms with Gasteiger partial charge in [-0.05, 0) is 31.2 Å². The van der Waals surface area contributed by atoms with E-state index in [1.165, 1.54) is 0 Å². The minimum Gasteiger partial charge on any atom is -0.490 e. The summed E-state index contributed by atoms with van der Waals surface area (Å²) in [5.74, 6) is 1.25. The molecular weight excluding hydrogens is 342 g/mol. The summed E-state index contributed by atoms with van der Waals surface area (Å²) in [7, 11) is 0. The van der Waals surface area contributed by atoms with E-state index >= 15 is 0 Å². The van der Waals surface area contributed by atoms with Crippen LogP contribution in [0.5, 0.6) is 17.2 Å². The minimum atomic E-state index is -0.660. The maximum atomic E-state index is 12.3. The first-order chi connectivity index (χ1) is 12.1. The van der Waals surface area contributed by atoms with Crippen LogP contribution in [-0.4, -0.2) is 19.1 Å². The molecule has 1 amide bonds. The molecule has 6 heteroatoms. The molecular formula is C19H18ClNO4. The van der Waals surface area contributed by atoms with E-state index in [0.717, 1.165) is 0 Å². The molecule has 0 saturated carbocycles. The summed E-state index contributed by atoms with van der Waals surface area (Å²) in [5.41, 5.74) is 1.17. The number of fused-ring (bicyclic) bond motifs is 1. The number of amides is 1. The van der Waals surface area contributed by atoms with E-state index in [1.807, 2.05) is 13.0 Å². The van der Waals surface area contributed by atoms with Gasteiger partial charge in [-0.1, -0.05) is 36.4 Å². The van der Waals surface area contributed by atoms with Crippen LogP contribution in [0.3, 0.4) is 0 Å². The highest BCUT2D eigenvalue weighted by Gasteiger charge is 2.28. The van der Waals surface area contributed by atoms with E-state index in [2.05, 4.69) is 11.9 Å². The van der Waals surface area contributed by atoms with Crippen molar-refractivity contribution < 1.29 is 19.0 Å². The Bertz CT molecular complexity index is 806. The van der Waals surface area contributed by atoms with Gasteiger partial charge in [0, 0.05) is 5.56 Å². The first-order valence-electron chi connectivity index (χ1n) is 7.90. The topological polar surface area (TPSA) is 56.8 Å². The third-order valence-corrected chi connectivity index (χ3v) is 3.90. The van der Waals surface area contributed by atoms with Crippen LogP contribution < -0.4 is 19.5 Å². The average Bonchev–Trinajstić information content (AvgIpc) is 2.61. The van der Waals surface area contributed by atoms with Gasteiger partial charge in [-0.25, -0.2) is 0 Å². The third kappa shape index (κ3) is 3.56. The normalized spacial score (nSPS) is 15.6. The van der Waals surface area contributed by atoms with Crippen LogP contribution >= 0.6 is 11.6 Å². The fourth-order valence-corrected chi connectivity index (χ4v) is 2.82. The molecule has 130 valence electrons. The molecule has 2 aromatic rings. The molecule has 1 aliphatic heterocycles. The van der Waals surface area contributed by atoms with Gasteiger partial charge >= 0.3 is 0 Å². The Morgan fingerprint density at radius 2 is 2.12 bits per heavy atom. The van der Waals surface area contributed by atoms with Crippen molar-refractivity contribution in [3.8, 4) is 17.2 Å². The predicted molar refractivity (Wildman–Crippen MR) is 95.6 cm³/mol. The van der Waals surface area contributed by atoms with Gasteiger partial charge in [-0.3, -0.25) is 4.79 Å². The zero-order valence-corrected chi connectivity index (χ0v) is 14.5. The third-order valence-electron chi connectivity index (χ3n) is 3.62. The van der Waals surface area contributed by atoms with Gasteiger partial charge in [0.05, 0.1) is 17.2 Å². The molecule has 0 aromatic heterocycles. The van der Waals surface area contributed by atoms with Crippen molar-refractivity contribution in [1.82, 2.24) is 5.32 Å². The van der Waals surface area contributed by atoms with Gasteiger partial charge in [0.2, 0.25) is 0 Å². The summed E-state index contributed by atoms with van der Waals surface area (Å²) in [5, 5.41) is 3.19. The van der Waals surface area contributed by atoms with Crippen molar-refractivity contribution >= 4 is 17.5 Å². The summed E-state index contributed by atoms with van der Waals surface area (Å²) in [4.78, 5) is 12.3. The first kappa shape index (κ1) is 17.2. The quantitative estimate of drug-likeness (QED) is 0.788. The lowest BCUT2D eigenvalue weighted by molar-refractivity contribution is 0.0755. The van der Waals surface area contributed by atoms with E-state index < -0.39 is 6.23 Å². The van der Waals surface area contributed by atoms with Crippen molar-refractivity contribution in [2.75, 3.05) is 13.2 Å². The number of nitrogens with one attached hydrogen (secondary N) is 1. The molecule has 0 radical (unpaired) electrons. The maximum Gasteiger partial charge on any atom is 0.258 e. The molecule has 0 aliphatic carbocycles. The number of carbonyl (C=O) groups is 1. The summed E-state index contributed by atoms with van der Waals surface area (Å²) >= 11 is 6.35. The fraction of sp³-hybridized carbons (Fsp3) is 0.211. The molecule has 0 saturated heterocycles. The van der Waals surface area contributed by atoms with Crippen LogP contribution in [0.4, 0.5) is 0 Å². The number of rotatable bonds is 6. The molecule has 1 heterocycles. The highest BCUT2D eigenvalue weighted by atomic mass is 35.5. The predicted octanol–water partition coefficient (Wildman–Crippen LogP) is 4.12. The molecule has 2 aromatic carbocycles. The largest absolute Gasteiger partial charge is 0.490 e. The monoisotopic (exact) mass is 359 g/mol. The van der Waals surface area contributed by atoms with Gasteiger partial charge in [0.1, 0.15) is 12.4 Å². The number of carbonyl (C=O) groups excluding carboxylic acids is 1. The average molecular weight is 360 g/mol. The number of para-hydroxylation sites is 1. The summed E-state index contributed by atoms with van der Waals surface area (Å²) < 4.78 is 17.1. The number of halogens is 1. The summed E-state index contributed by atoms with van der Waals surface area (Å²) in [6.45, 7) is 6.25. The van der Waals surface area contributed by atoms with Gasteiger partial charge in [-0.2, -0.15) is 0 Å². The van der Waals surface area contributed by atoms with Gasteiger partial charge in [0.25, 0.3) is 5.91 Å². The van der Waals surface area contributed by atoms with Gasteiger partial charge in [0.15, 0.2) is 17.7 Å². The van der Waals surface area contributed by atoms with Crippen LogP contribution in [-0.2, 0) is 0 Å². The zero-order chi connectivity index (χ0) is 17.8. The van der Waals surface area contributed by atoms with E-state index in [0.29, 0.717) is 46.6 Å². The highest BCUT2D eigenvalue weighted by Crippen LogP contribution is 2.39. The zero-order valence-electron chi connectivity index (χ0n) is 13.8. The molecule has 5 nitrogen and oxygen atoms in total. The lowest BCUT2D eigenvalue weighted by atomic mass is 10.1. The summed E-state index contributed by atoms with van der Waals surface area (Å²) in [6.07, 6.45) is 0.967. The summed E-state index contributed by atoms with van der Waals surface area (Å²) in [6, 6.07) is 10.5. The second-order valence-corrected chi connectivity index (χ2v) is 5.74. The van der Waals surface area contributed by atoms with Crippen molar-refractivity contribution in [2.45, 2.75) is 13.2 Å². The van der Waals surface area contributed by atoms with Crippen LogP contribution in [0.15, 0.2) is 49.1 Å². The Kier molecular flexibility index (Phi) is 5.14. The van der Waals surface area contributed by atoms with E-state index in [4.69, 9.17) is 25.8 Å². The van der Waals surface area contributed by atoms with Crippen LogP contribution in [0, 0.1) is 0 Å². The number of hydrogen-bond acceptors (Lipinski definition) is 4. The second-order valence-electron chi connectivity index (χ2n) is 5.33. The lowest BCUT2D eigenvalue weighted by Crippen LogP contribution is -2.36. The fourth-order valence-electron chi connectivity index (χ4n) is 2.55. The molecule has 3 rings (SSSR count). The van der Waals surface area contributed by atoms with Crippen molar-refractivity contribution in [1.29, 1.82) is 0 Å². The van der Waals surface area contributed by atoms with Crippen LogP contribution in [0.25, 0.3) is 0 Å². The molecule has 1 aliphatic rings. The lowest BCUT2D eigenvalue weighted by Gasteiger charge is -2.27. The van der Waals surface area contributed by atoms with Gasteiger partial charge < -0.3 is 19.5 Å². The van der Waals surface area contributed by atoms with E-state index in [-0.39, 0.29) is 5.91 Å². The van der Waals surface area contributed by atoms with Crippen molar-refractivity contribution in [3.05, 3.63) is 65.2 Å². The molecule has 0 fully saturated rings. The second kappa shape index (κ2) is 7.49. The van der Waals surface area contributed by atoms with Gasteiger partial charge in [-0.15, -0.1) is 0 Å². The Morgan fingerprint density at radius 1 is 1.32 bits per heavy atom. The molecule has 0 unspecified atom stereocenters. The Balaban J connectivity index is 1.95. The maximum absolute atomic E-state index is 12.3. The van der Waals surface area contributed by atoms with E-state index in [1.54, 1.807) is 36.4 Å². The molecule has 0 spiro atoms. The number of hydrogen-bond donors (Lipinski definition) is 1. The Labute approximate surface area is 151 Å². The Hall–Kier alpha value is -2.66. The van der Waals surface area contributed by atoms with Crippen molar-refractivity contribution in [2.24, 2.45) is 0 Å². The van der Waals surface area contributed by atoms with E-state index in [9.17, 15) is 4.79 Å². The SMILES string of the molecule is C=CCOc1c(Cl)cc([C@@H]2NC(=O)c3ccccc3O2)cc1OCC. The van der Waals surface area contributed by atoms with Crippen LogP contribution in [0.2, 0.25) is 5.02 Å². The van der Waals surface area contributed by atoms with Crippen LogP contribution in [0.1, 0.15) is 29.1 Å². The molecule has 1 atom stereocenters. The Morgan fingerprint density at radius 3 is 2.88 bits per heavy atom. The molecule has 0 bridgehead atoms. The smallest absolute Gasteiger partial charge is 0.258 e. The standard InChI is InChI=1S/C19H18ClNO4/c1-3-9-24-17-14(20)10-12(11-16(17)23-4-2)19-21-18(22)13-7-5-6-8-15(13)25-19/h3,5-8,10-11,19H,1,4,9H2,2H3,(H,21,22)/t19-/m1/s1.